The molecular formula is C12H10F7O. The fourth-order valence-corrected chi connectivity index (χ4v) is 1.95. The van der Waals surface area contributed by atoms with Gasteiger partial charge in [-0.25, -0.2) is 9.50 Å². The molecule has 1 radical (unpaired) electrons. The van der Waals surface area contributed by atoms with Crippen LogP contribution in [0.5, 0.6) is 0 Å². The molecule has 0 aliphatic carbocycles. The molecule has 20 heavy (non-hydrogen) atoms. The topological polar surface area (TPSA) is 19.9 Å². The van der Waals surface area contributed by atoms with E-state index in [0.29, 0.717) is 0 Å². The molecular weight excluding hydrogens is 293 g/mol. The highest BCUT2D eigenvalue weighted by Gasteiger charge is 2.75. The van der Waals surface area contributed by atoms with Crippen LogP contribution < -0.4 is 0 Å². The first-order valence-corrected chi connectivity index (χ1v) is 5.51. The second kappa shape index (κ2) is 5.59. The summed E-state index contributed by atoms with van der Waals surface area (Å²) in [5.41, 5.74) is -5.97. The Morgan fingerprint density at radius 3 is 1.65 bits per heavy atom. The Kier molecular flexibility index (Phi) is 4.68. The second-order valence-corrected chi connectivity index (χ2v) is 4.16. The Hall–Kier alpha value is -1.31. The zero-order valence-corrected chi connectivity index (χ0v) is 9.93. The molecule has 1 aromatic rings. The van der Waals surface area contributed by atoms with Crippen LogP contribution in [0.3, 0.4) is 0 Å². The molecule has 8 heteroatoms. The summed E-state index contributed by atoms with van der Waals surface area (Å²) in [4.78, 5) is 0. The predicted octanol–water partition coefficient (Wildman–Crippen LogP) is 4.42. The van der Waals surface area contributed by atoms with Gasteiger partial charge in [-0.05, 0) is 12.0 Å². The molecule has 1 rings (SSSR count). The maximum absolute atomic E-state index is 14.0. The summed E-state index contributed by atoms with van der Waals surface area (Å²) in [6.45, 7) is -1.25. The van der Waals surface area contributed by atoms with Crippen molar-refractivity contribution in [1.29, 1.82) is 0 Å². The van der Waals surface area contributed by atoms with Gasteiger partial charge in [0.2, 0.25) is 0 Å². The molecule has 0 aliphatic rings. The van der Waals surface area contributed by atoms with Crippen molar-refractivity contribution in [2.45, 2.75) is 30.4 Å². The second-order valence-electron chi connectivity index (χ2n) is 4.16. The van der Waals surface area contributed by atoms with Gasteiger partial charge >= 0.3 is 18.0 Å². The fourth-order valence-electron chi connectivity index (χ4n) is 1.95. The monoisotopic (exact) mass is 303 g/mol. The molecule has 0 saturated heterocycles. The van der Waals surface area contributed by atoms with Gasteiger partial charge in [0.1, 0.15) is 0 Å². The largest absolute Gasteiger partial charge is 0.432 e. The summed E-state index contributed by atoms with van der Waals surface area (Å²) < 4.78 is 89.9. The standard InChI is InChI=1S/C12H10F7O/c13-10(11(14,15)16,12(17,18)19)9(6-7-20)8-4-2-1-3-5-8/h1-5,9H,6-7H2. The molecule has 1 unspecified atom stereocenters. The van der Waals surface area contributed by atoms with E-state index in [9.17, 15) is 35.8 Å². The van der Waals surface area contributed by atoms with Crippen molar-refractivity contribution in [3.05, 3.63) is 35.9 Å². The molecule has 113 valence electrons. The maximum Gasteiger partial charge on any atom is 0.432 e. The quantitative estimate of drug-likeness (QED) is 0.734. The zero-order chi connectivity index (χ0) is 15.6. The summed E-state index contributed by atoms with van der Waals surface area (Å²) in [5.74, 6) is -2.62. The minimum atomic E-state index is -6.17. The normalized spacial score (nSPS) is 15.2. The Bertz CT molecular complexity index is 410. The third-order valence-corrected chi connectivity index (χ3v) is 2.91. The van der Waals surface area contributed by atoms with Gasteiger partial charge in [-0.2, -0.15) is 26.3 Å². The van der Waals surface area contributed by atoms with Crippen LogP contribution in [0.1, 0.15) is 17.9 Å². The maximum atomic E-state index is 14.0. The van der Waals surface area contributed by atoms with Crippen LogP contribution in [0, 0.1) is 0 Å². The van der Waals surface area contributed by atoms with Gasteiger partial charge in [0.15, 0.2) is 0 Å². The molecule has 1 atom stereocenters. The van der Waals surface area contributed by atoms with E-state index in [-0.39, 0.29) is 0 Å². The molecule has 0 amide bonds. The minimum absolute atomic E-state index is 0.513. The van der Waals surface area contributed by atoms with Gasteiger partial charge < -0.3 is 0 Å². The average molecular weight is 303 g/mol. The summed E-state index contributed by atoms with van der Waals surface area (Å²) in [6.07, 6.45) is -13.4. The van der Waals surface area contributed by atoms with Gasteiger partial charge in [0.25, 0.3) is 0 Å². The highest BCUT2D eigenvalue weighted by molar-refractivity contribution is 5.25. The van der Waals surface area contributed by atoms with E-state index < -0.39 is 42.5 Å². The first kappa shape index (κ1) is 16.7. The van der Waals surface area contributed by atoms with E-state index in [1.165, 1.54) is 18.2 Å². The third kappa shape index (κ3) is 2.89. The summed E-state index contributed by atoms with van der Waals surface area (Å²) in [7, 11) is 0. The molecule has 0 aromatic heterocycles. The molecule has 0 spiro atoms. The first-order chi connectivity index (χ1) is 9.05. The number of alkyl halides is 7. The van der Waals surface area contributed by atoms with Crippen molar-refractivity contribution in [3.8, 4) is 0 Å². The van der Waals surface area contributed by atoms with Gasteiger partial charge in [0.05, 0.1) is 6.61 Å². The number of halogens is 7. The predicted molar refractivity (Wildman–Crippen MR) is 55.3 cm³/mol. The van der Waals surface area contributed by atoms with Crippen molar-refractivity contribution >= 4 is 0 Å². The van der Waals surface area contributed by atoms with Crippen LogP contribution in [-0.2, 0) is 5.11 Å². The first-order valence-electron chi connectivity index (χ1n) is 5.51. The van der Waals surface area contributed by atoms with Crippen LogP contribution in [0.2, 0.25) is 0 Å². The third-order valence-electron chi connectivity index (χ3n) is 2.91. The summed E-state index contributed by atoms with van der Waals surface area (Å²) >= 11 is 0. The Balaban J connectivity index is 3.42. The highest BCUT2D eigenvalue weighted by atomic mass is 19.4. The SMILES string of the molecule is [O]CCC(c1ccccc1)C(F)(C(F)(F)F)C(F)(F)F. The van der Waals surface area contributed by atoms with Gasteiger partial charge in [-0.1, -0.05) is 30.3 Å². The number of hydrogen-bond donors (Lipinski definition) is 0. The number of rotatable bonds is 4. The van der Waals surface area contributed by atoms with Crippen LogP contribution in [-0.4, -0.2) is 24.6 Å². The molecule has 1 aromatic carbocycles. The van der Waals surface area contributed by atoms with Crippen molar-refractivity contribution in [2.24, 2.45) is 0 Å². The molecule has 0 saturated carbocycles. The molecule has 0 aliphatic heterocycles. The molecule has 0 bridgehead atoms. The van der Waals surface area contributed by atoms with Crippen molar-refractivity contribution in [1.82, 2.24) is 0 Å². The van der Waals surface area contributed by atoms with Crippen LogP contribution in [0.25, 0.3) is 0 Å². The number of hydrogen-bond acceptors (Lipinski definition) is 0. The van der Waals surface area contributed by atoms with Gasteiger partial charge in [-0.3, -0.25) is 0 Å². The highest BCUT2D eigenvalue weighted by Crippen LogP contribution is 2.54. The van der Waals surface area contributed by atoms with Gasteiger partial charge in [-0.15, -0.1) is 0 Å². The molecule has 0 N–H and O–H groups in total. The van der Waals surface area contributed by atoms with E-state index in [1.54, 1.807) is 0 Å². The van der Waals surface area contributed by atoms with E-state index in [4.69, 9.17) is 0 Å². The molecule has 0 fully saturated rings. The Morgan fingerprint density at radius 2 is 1.30 bits per heavy atom. The lowest BCUT2D eigenvalue weighted by molar-refractivity contribution is -0.349. The lowest BCUT2D eigenvalue weighted by atomic mass is 9.80. The van der Waals surface area contributed by atoms with Crippen LogP contribution in [0.4, 0.5) is 30.7 Å². The average Bonchev–Trinajstić information content (AvgIpc) is 2.33. The Labute approximate surface area is 110 Å². The van der Waals surface area contributed by atoms with Crippen LogP contribution >= 0.6 is 0 Å². The lowest BCUT2D eigenvalue weighted by Gasteiger charge is -2.36. The van der Waals surface area contributed by atoms with Crippen molar-refractivity contribution in [2.75, 3.05) is 6.61 Å². The molecule has 0 heterocycles. The fraction of sp³-hybridized carbons (Fsp3) is 0.500. The van der Waals surface area contributed by atoms with E-state index >= 15 is 0 Å². The van der Waals surface area contributed by atoms with E-state index in [2.05, 4.69) is 0 Å². The van der Waals surface area contributed by atoms with Crippen molar-refractivity contribution < 1.29 is 35.8 Å². The van der Waals surface area contributed by atoms with E-state index in [0.717, 1.165) is 12.1 Å². The van der Waals surface area contributed by atoms with Gasteiger partial charge in [0, 0.05) is 5.92 Å². The van der Waals surface area contributed by atoms with Crippen LogP contribution in [0.15, 0.2) is 30.3 Å². The Morgan fingerprint density at radius 1 is 0.850 bits per heavy atom. The molecule has 1 nitrogen and oxygen atoms in total. The smallest absolute Gasteiger partial charge is 0.237 e. The lowest BCUT2D eigenvalue weighted by Crippen LogP contribution is -2.57. The minimum Gasteiger partial charge on any atom is -0.237 e. The summed E-state index contributed by atoms with van der Waals surface area (Å²) in [5, 5.41) is 10.5. The summed E-state index contributed by atoms with van der Waals surface area (Å²) in [6, 6.07) is 5.59. The van der Waals surface area contributed by atoms with E-state index in [1.807, 2.05) is 0 Å². The number of benzene rings is 1. The zero-order valence-electron chi connectivity index (χ0n) is 9.93. The van der Waals surface area contributed by atoms with Crippen molar-refractivity contribution in [3.63, 3.8) is 0 Å².